The predicted octanol–water partition coefficient (Wildman–Crippen LogP) is 3.44. The van der Waals surface area contributed by atoms with Crippen LogP contribution in [0.1, 0.15) is 22.2 Å². The maximum Gasteiger partial charge on any atom is 0.338 e. The van der Waals surface area contributed by atoms with Gasteiger partial charge in [0.05, 0.1) is 22.7 Å². The standard InChI is InChI=1S/C22H22N2O5S2/c1-2-24(18-7-4-3-5-8-18)31(27,28)20-12-10-17(11-13-20)22(26)29-16-21(25)23-15-19-9-6-14-30-19/h3-14H,2,15-16H2,1H3,(H,23,25). The van der Waals surface area contributed by atoms with Crippen molar-refractivity contribution in [2.45, 2.75) is 18.4 Å². The van der Waals surface area contributed by atoms with E-state index in [2.05, 4.69) is 5.32 Å². The van der Waals surface area contributed by atoms with E-state index >= 15 is 0 Å². The Labute approximate surface area is 185 Å². The zero-order valence-electron chi connectivity index (χ0n) is 16.9. The number of rotatable bonds is 9. The third-order valence-corrected chi connectivity index (χ3v) is 7.18. The molecule has 162 valence electrons. The molecule has 0 fully saturated rings. The molecule has 9 heteroatoms. The summed E-state index contributed by atoms with van der Waals surface area (Å²) in [5.74, 6) is -1.12. The van der Waals surface area contributed by atoms with Gasteiger partial charge in [-0.25, -0.2) is 13.2 Å². The van der Waals surface area contributed by atoms with E-state index in [9.17, 15) is 18.0 Å². The smallest absolute Gasteiger partial charge is 0.338 e. The molecule has 3 rings (SSSR count). The van der Waals surface area contributed by atoms with Crippen LogP contribution in [0.3, 0.4) is 0 Å². The summed E-state index contributed by atoms with van der Waals surface area (Å²) in [4.78, 5) is 25.1. The van der Waals surface area contributed by atoms with Crippen molar-refractivity contribution in [3.63, 3.8) is 0 Å². The number of esters is 1. The van der Waals surface area contributed by atoms with Crippen molar-refractivity contribution < 1.29 is 22.7 Å². The summed E-state index contributed by atoms with van der Waals surface area (Å²) in [6.07, 6.45) is 0. The molecule has 1 aromatic heterocycles. The van der Waals surface area contributed by atoms with Gasteiger partial charge in [0.2, 0.25) is 0 Å². The Bertz CT molecular complexity index is 1110. The van der Waals surface area contributed by atoms with Crippen LogP contribution in [0, 0.1) is 0 Å². The normalized spacial score (nSPS) is 11.0. The summed E-state index contributed by atoms with van der Waals surface area (Å²) in [7, 11) is -3.78. The van der Waals surface area contributed by atoms with E-state index < -0.39 is 28.5 Å². The van der Waals surface area contributed by atoms with E-state index in [4.69, 9.17) is 4.74 Å². The fourth-order valence-corrected chi connectivity index (χ4v) is 4.96. The Morgan fingerprint density at radius 2 is 1.71 bits per heavy atom. The van der Waals surface area contributed by atoms with Crippen molar-refractivity contribution in [1.82, 2.24) is 5.32 Å². The van der Waals surface area contributed by atoms with Crippen LogP contribution >= 0.6 is 11.3 Å². The molecule has 1 amide bonds. The third-order valence-electron chi connectivity index (χ3n) is 4.38. The number of ether oxygens (including phenoxy) is 1. The Morgan fingerprint density at radius 3 is 2.32 bits per heavy atom. The quantitative estimate of drug-likeness (QED) is 0.496. The van der Waals surface area contributed by atoms with Gasteiger partial charge in [0.25, 0.3) is 15.9 Å². The molecular weight excluding hydrogens is 436 g/mol. The fraction of sp³-hybridized carbons (Fsp3) is 0.182. The SMILES string of the molecule is CCN(c1ccccc1)S(=O)(=O)c1ccc(C(=O)OCC(=O)NCc2cccs2)cc1. The number of carbonyl (C=O) groups is 2. The van der Waals surface area contributed by atoms with Crippen LogP contribution in [0.2, 0.25) is 0 Å². The lowest BCUT2D eigenvalue weighted by molar-refractivity contribution is -0.124. The van der Waals surface area contributed by atoms with E-state index in [1.54, 1.807) is 31.2 Å². The molecule has 0 saturated carbocycles. The van der Waals surface area contributed by atoms with Crippen LogP contribution in [0.25, 0.3) is 0 Å². The average Bonchev–Trinajstić information content (AvgIpc) is 3.31. The Kier molecular flexibility index (Phi) is 7.43. The molecule has 7 nitrogen and oxygen atoms in total. The molecule has 2 aromatic carbocycles. The molecule has 0 aliphatic carbocycles. The first-order valence-electron chi connectivity index (χ1n) is 9.56. The van der Waals surface area contributed by atoms with Gasteiger partial charge in [0, 0.05) is 11.4 Å². The molecule has 0 bridgehead atoms. The molecule has 0 aliphatic heterocycles. The summed E-state index contributed by atoms with van der Waals surface area (Å²) in [5.41, 5.74) is 0.717. The number of anilines is 1. The van der Waals surface area contributed by atoms with E-state index in [1.165, 1.54) is 39.9 Å². The van der Waals surface area contributed by atoms with Crippen LogP contribution < -0.4 is 9.62 Å². The number of nitrogens with one attached hydrogen (secondary N) is 1. The van der Waals surface area contributed by atoms with Crippen molar-refractivity contribution in [1.29, 1.82) is 0 Å². The molecule has 0 saturated heterocycles. The van der Waals surface area contributed by atoms with Crippen molar-refractivity contribution in [2.24, 2.45) is 0 Å². The first-order valence-corrected chi connectivity index (χ1v) is 11.9. The molecule has 0 unspecified atom stereocenters. The second-order valence-electron chi connectivity index (χ2n) is 6.46. The largest absolute Gasteiger partial charge is 0.452 e. The maximum absolute atomic E-state index is 13.0. The molecule has 1 heterocycles. The number of benzene rings is 2. The van der Waals surface area contributed by atoms with Crippen LogP contribution in [-0.2, 0) is 26.1 Å². The molecule has 31 heavy (non-hydrogen) atoms. The minimum Gasteiger partial charge on any atom is -0.452 e. The van der Waals surface area contributed by atoms with Gasteiger partial charge in [0.15, 0.2) is 6.61 Å². The number of amides is 1. The van der Waals surface area contributed by atoms with Crippen molar-refractivity contribution in [3.05, 3.63) is 82.6 Å². The predicted molar refractivity (Wildman–Crippen MR) is 120 cm³/mol. The number of hydrogen-bond donors (Lipinski definition) is 1. The van der Waals surface area contributed by atoms with Gasteiger partial charge in [-0.05, 0) is 54.8 Å². The highest BCUT2D eigenvalue weighted by atomic mass is 32.2. The maximum atomic E-state index is 13.0. The van der Waals surface area contributed by atoms with Crippen molar-refractivity contribution >= 4 is 38.9 Å². The van der Waals surface area contributed by atoms with E-state index in [1.807, 2.05) is 23.6 Å². The Hall–Kier alpha value is -3.17. The number of para-hydroxylation sites is 1. The van der Waals surface area contributed by atoms with E-state index in [0.29, 0.717) is 12.2 Å². The van der Waals surface area contributed by atoms with Crippen LogP contribution in [-0.4, -0.2) is 33.4 Å². The lowest BCUT2D eigenvalue weighted by Crippen LogP contribution is -2.30. The lowest BCUT2D eigenvalue weighted by atomic mass is 10.2. The van der Waals surface area contributed by atoms with Gasteiger partial charge in [0.1, 0.15) is 0 Å². The summed E-state index contributed by atoms with van der Waals surface area (Å²) in [6, 6.07) is 18.0. The topological polar surface area (TPSA) is 92.8 Å². The van der Waals surface area contributed by atoms with Gasteiger partial charge >= 0.3 is 5.97 Å². The average molecular weight is 459 g/mol. The first-order chi connectivity index (χ1) is 14.9. The Balaban J connectivity index is 1.61. The zero-order valence-corrected chi connectivity index (χ0v) is 18.5. The summed E-state index contributed by atoms with van der Waals surface area (Å²) in [5, 5.41) is 4.57. The minimum atomic E-state index is -3.78. The number of sulfonamides is 1. The van der Waals surface area contributed by atoms with Gasteiger partial charge in [-0.15, -0.1) is 11.3 Å². The Morgan fingerprint density at radius 1 is 1.00 bits per heavy atom. The number of carbonyl (C=O) groups excluding carboxylic acids is 2. The highest BCUT2D eigenvalue weighted by Gasteiger charge is 2.24. The molecular formula is C22H22N2O5S2. The third kappa shape index (κ3) is 5.71. The molecule has 0 aliphatic rings. The highest BCUT2D eigenvalue weighted by molar-refractivity contribution is 7.92. The van der Waals surface area contributed by atoms with Crippen LogP contribution in [0.15, 0.2) is 77.0 Å². The molecule has 3 aromatic rings. The highest BCUT2D eigenvalue weighted by Crippen LogP contribution is 2.23. The van der Waals surface area contributed by atoms with Gasteiger partial charge in [-0.1, -0.05) is 24.3 Å². The molecule has 0 radical (unpaired) electrons. The summed E-state index contributed by atoms with van der Waals surface area (Å²) < 4.78 is 32.3. The minimum absolute atomic E-state index is 0.0587. The fourth-order valence-electron chi connectivity index (χ4n) is 2.84. The summed E-state index contributed by atoms with van der Waals surface area (Å²) in [6.45, 7) is 1.97. The molecule has 0 atom stereocenters. The van der Waals surface area contributed by atoms with E-state index in [-0.39, 0.29) is 17.0 Å². The molecule has 0 spiro atoms. The van der Waals surface area contributed by atoms with Crippen molar-refractivity contribution in [2.75, 3.05) is 17.5 Å². The second-order valence-corrected chi connectivity index (χ2v) is 9.36. The second kappa shape index (κ2) is 10.2. The van der Waals surface area contributed by atoms with Crippen molar-refractivity contribution in [3.8, 4) is 0 Å². The summed E-state index contributed by atoms with van der Waals surface area (Å²) >= 11 is 1.52. The monoisotopic (exact) mass is 458 g/mol. The van der Waals surface area contributed by atoms with E-state index in [0.717, 1.165) is 4.88 Å². The zero-order chi connectivity index (χ0) is 22.3. The van der Waals surface area contributed by atoms with Gasteiger partial charge in [-0.3, -0.25) is 9.10 Å². The van der Waals surface area contributed by atoms with Crippen LogP contribution in [0.5, 0.6) is 0 Å². The van der Waals surface area contributed by atoms with Gasteiger partial charge < -0.3 is 10.1 Å². The number of thiophene rings is 1. The van der Waals surface area contributed by atoms with Crippen LogP contribution in [0.4, 0.5) is 5.69 Å². The van der Waals surface area contributed by atoms with Gasteiger partial charge in [-0.2, -0.15) is 0 Å². The molecule has 1 N–H and O–H groups in total. The first kappa shape index (κ1) is 22.5. The lowest BCUT2D eigenvalue weighted by Gasteiger charge is -2.22. The number of hydrogen-bond acceptors (Lipinski definition) is 6. The number of nitrogens with zero attached hydrogens (tertiary/aromatic N) is 1.